The lowest BCUT2D eigenvalue weighted by Gasteiger charge is -2.10. The molecule has 0 spiro atoms. The summed E-state index contributed by atoms with van der Waals surface area (Å²) in [5, 5.41) is 1.49. The summed E-state index contributed by atoms with van der Waals surface area (Å²) in [5.41, 5.74) is 1.12. The molecule has 0 saturated carbocycles. The molecule has 3 aromatic rings. The fourth-order valence-corrected chi connectivity index (χ4v) is 3.74. The van der Waals surface area contributed by atoms with Crippen molar-refractivity contribution in [3.63, 3.8) is 0 Å². The van der Waals surface area contributed by atoms with Crippen molar-refractivity contribution in [1.29, 1.82) is 0 Å². The number of aromatic nitrogens is 2. The minimum Gasteiger partial charge on any atom is -0.340 e. The van der Waals surface area contributed by atoms with Gasteiger partial charge in [0.2, 0.25) is 0 Å². The van der Waals surface area contributed by atoms with E-state index in [1.54, 1.807) is 12.1 Å². The van der Waals surface area contributed by atoms with Crippen LogP contribution in [0.5, 0.6) is 0 Å². The van der Waals surface area contributed by atoms with E-state index < -0.39 is 10.0 Å². The molecule has 0 amide bonds. The van der Waals surface area contributed by atoms with Gasteiger partial charge in [0.25, 0.3) is 10.0 Å². The number of Topliss-reactive ketones (excluding diaryl/α,β-unsaturated/α-hetero) is 1. The first kappa shape index (κ1) is 15.2. The van der Waals surface area contributed by atoms with E-state index in [2.05, 4.69) is 14.7 Å². The molecule has 0 saturated heterocycles. The third kappa shape index (κ3) is 2.70. The van der Waals surface area contributed by atoms with Gasteiger partial charge in [-0.3, -0.25) is 9.52 Å². The smallest absolute Gasteiger partial charge is 0.263 e. The van der Waals surface area contributed by atoms with Crippen molar-refractivity contribution in [1.82, 2.24) is 9.97 Å². The van der Waals surface area contributed by atoms with Gasteiger partial charge in [-0.1, -0.05) is 30.3 Å². The van der Waals surface area contributed by atoms with Crippen LogP contribution in [0.2, 0.25) is 0 Å². The summed E-state index contributed by atoms with van der Waals surface area (Å²) in [6, 6.07) is 10.6. The van der Waals surface area contributed by atoms with Crippen LogP contribution in [0.15, 0.2) is 47.6 Å². The lowest BCUT2D eigenvalue weighted by molar-refractivity contribution is 0.101. The van der Waals surface area contributed by atoms with Crippen LogP contribution in [-0.2, 0) is 10.0 Å². The molecule has 0 fully saturated rings. The van der Waals surface area contributed by atoms with Gasteiger partial charge in [-0.15, -0.1) is 0 Å². The first-order valence-corrected chi connectivity index (χ1v) is 8.44. The summed E-state index contributed by atoms with van der Waals surface area (Å²) in [4.78, 5) is 18.2. The van der Waals surface area contributed by atoms with Crippen LogP contribution in [0.4, 0.5) is 5.82 Å². The quantitative estimate of drug-likeness (QED) is 0.720. The summed E-state index contributed by atoms with van der Waals surface area (Å²) in [5.74, 6) is -0.295. The number of fused-ring (bicyclic) bond motifs is 1. The topological polar surface area (TPSA) is 91.9 Å². The maximum Gasteiger partial charge on any atom is 0.263 e. The second-order valence-corrected chi connectivity index (χ2v) is 6.86. The zero-order chi connectivity index (χ0) is 16.6. The number of hydrogen-bond acceptors (Lipinski definition) is 4. The lowest BCUT2D eigenvalue weighted by atomic mass is 10.1. The number of hydrogen-bond donors (Lipinski definition) is 2. The molecule has 7 heteroatoms. The number of aryl methyl sites for hydroxylation is 1. The second-order valence-electron chi connectivity index (χ2n) is 5.21. The molecule has 1 heterocycles. The fraction of sp³-hybridized carbons (Fsp3) is 0.125. The number of imidazole rings is 1. The largest absolute Gasteiger partial charge is 0.340 e. The second kappa shape index (κ2) is 5.51. The number of benzene rings is 2. The molecule has 2 N–H and O–H groups in total. The Labute approximate surface area is 133 Å². The first-order chi connectivity index (χ1) is 10.9. The average Bonchev–Trinajstić information content (AvgIpc) is 2.94. The number of ketones is 1. The molecular weight excluding hydrogens is 314 g/mol. The number of sulfonamides is 1. The summed E-state index contributed by atoms with van der Waals surface area (Å²) in [6.07, 6.45) is 1.28. The Morgan fingerprint density at radius 1 is 1.13 bits per heavy atom. The van der Waals surface area contributed by atoms with Gasteiger partial charge < -0.3 is 4.98 Å². The number of rotatable bonds is 4. The number of aromatic amines is 1. The van der Waals surface area contributed by atoms with Crippen LogP contribution in [0.3, 0.4) is 0 Å². The van der Waals surface area contributed by atoms with Gasteiger partial charge in [-0.2, -0.15) is 0 Å². The zero-order valence-corrected chi connectivity index (χ0v) is 13.4. The predicted molar refractivity (Wildman–Crippen MR) is 88.1 cm³/mol. The molecule has 0 unspecified atom stereocenters. The van der Waals surface area contributed by atoms with E-state index >= 15 is 0 Å². The average molecular weight is 329 g/mol. The minimum absolute atomic E-state index is 0.00200. The molecule has 6 nitrogen and oxygen atoms in total. The monoisotopic (exact) mass is 329 g/mol. The van der Waals surface area contributed by atoms with Crippen LogP contribution in [-0.4, -0.2) is 24.2 Å². The molecule has 0 aliphatic rings. The highest BCUT2D eigenvalue weighted by Crippen LogP contribution is 2.27. The van der Waals surface area contributed by atoms with Crippen molar-refractivity contribution in [2.24, 2.45) is 0 Å². The Balaban J connectivity index is 2.12. The molecule has 23 heavy (non-hydrogen) atoms. The van der Waals surface area contributed by atoms with E-state index in [1.165, 1.54) is 19.3 Å². The molecule has 3 rings (SSSR count). The van der Waals surface area contributed by atoms with Gasteiger partial charge in [-0.25, -0.2) is 13.4 Å². The third-order valence-corrected chi connectivity index (χ3v) is 5.01. The summed E-state index contributed by atoms with van der Waals surface area (Å²) in [6.45, 7) is 3.26. The van der Waals surface area contributed by atoms with Crippen molar-refractivity contribution in [2.45, 2.75) is 18.7 Å². The molecule has 0 bridgehead atoms. The number of carbonyl (C=O) groups excluding carboxylic acids is 1. The van der Waals surface area contributed by atoms with Crippen LogP contribution in [0, 0.1) is 6.92 Å². The van der Waals surface area contributed by atoms with Crippen molar-refractivity contribution >= 4 is 32.4 Å². The van der Waals surface area contributed by atoms with Crippen molar-refractivity contribution in [3.05, 3.63) is 54.0 Å². The number of nitrogens with zero attached hydrogens (tertiary/aromatic N) is 1. The van der Waals surface area contributed by atoms with Crippen LogP contribution in [0.25, 0.3) is 10.8 Å². The summed E-state index contributed by atoms with van der Waals surface area (Å²) < 4.78 is 27.8. The number of anilines is 1. The fourth-order valence-electron chi connectivity index (χ4n) is 2.49. The predicted octanol–water partition coefficient (Wildman–Crippen LogP) is 2.87. The number of nitrogens with one attached hydrogen (secondary N) is 2. The number of H-pyrrole nitrogens is 1. The minimum atomic E-state index is -3.87. The van der Waals surface area contributed by atoms with Crippen LogP contribution >= 0.6 is 0 Å². The highest BCUT2D eigenvalue weighted by Gasteiger charge is 2.21. The van der Waals surface area contributed by atoms with Crippen LogP contribution in [0.1, 0.15) is 23.0 Å². The highest BCUT2D eigenvalue weighted by atomic mass is 32.2. The van der Waals surface area contributed by atoms with E-state index in [9.17, 15) is 13.2 Å². The number of carbonyl (C=O) groups is 1. The first-order valence-electron chi connectivity index (χ1n) is 6.95. The van der Waals surface area contributed by atoms with Crippen molar-refractivity contribution in [2.75, 3.05) is 4.72 Å². The Hall–Kier alpha value is -2.67. The van der Waals surface area contributed by atoms with E-state index in [0.717, 1.165) is 10.9 Å². The molecule has 2 aromatic carbocycles. The molecular formula is C16H15N3O3S. The zero-order valence-electron chi connectivity index (χ0n) is 12.6. The Kier molecular flexibility index (Phi) is 3.65. The van der Waals surface area contributed by atoms with Gasteiger partial charge in [0, 0.05) is 12.3 Å². The summed E-state index contributed by atoms with van der Waals surface area (Å²) >= 11 is 0. The van der Waals surface area contributed by atoms with E-state index in [0.29, 0.717) is 5.39 Å². The van der Waals surface area contributed by atoms with Gasteiger partial charge in [-0.05, 0) is 23.9 Å². The highest BCUT2D eigenvalue weighted by molar-refractivity contribution is 7.93. The van der Waals surface area contributed by atoms with E-state index in [-0.39, 0.29) is 22.2 Å². The molecule has 118 valence electrons. The Morgan fingerprint density at radius 3 is 2.57 bits per heavy atom. The third-order valence-electron chi connectivity index (χ3n) is 3.61. The van der Waals surface area contributed by atoms with E-state index in [1.807, 2.05) is 25.1 Å². The van der Waals surface area contributed by atoms with Gasteiger partial charge in [0.05, 0.1) is 11.2 Å². The van der Waals surface area contributed by atoms with Crippen molar-refractivity contribution < 1.29 is 13.2 Å². The Bertz CT molecular complexity index is 1010. The molecule has 0 radical (unpaired) electrons. The normalized spacial score (nSPS) is 11.6. The van der Waals surface area contributed by atoms with Gasteiger partial charge >= 0.3 is 0 Å². The van der Waals surface area contributed by atoms with E-state index in [4.69, 9.17) is 0 Å². The SMILES string of the molecule is CC(=O)c1[nH]cnc1NS(=O)(=O)c1cccc2c(C)cccc12. The van der Waals surface area contributed by atoms with Crippen molar-refractivity contribution in [3.8, 4) is 0 Å². The summed E-state index contributed by atoms with van der Waals surface area (Å²) in [7, 11) is -3.87. The molecule has 0 atom stereocenters. The van der Waals surface area contributed by atoms with Gasteiger partial charge in [0.15, 0.2) is 11.6 Å². The van der Waals surface area contributed by atoms with Crippen LogP contribution < -0.4 is 4.72 Å². The molecule has 0 aliphatic carbocycles. The lowest BCUT2D eigenvalue weighted by Crippen LogP contribution is -2.15. The maximum absolute atomic E-state index is 12.7. The maximum atomic E-state index is 12.7. The standard InChI is InChI=1S/C16H15N3O3S/c1-10-5-3-7-13-12(10)6-4-8-14(13)23(21,22)19-16-15(11(2)20)17-9-18-16/h3-9,19H,1-2H3,(H,17,18). The van der Waals surface area contributed by atoms with Gasteiger partial charge in [0.1, 0.15) is 5.69 Å². The molecule has 0 aliphatic heterocycles. The Morgan fingerprint density at radius 2 is 1.83 bits per heavy atom. The molecule has 1 aromatic heterocycles.